The lowest BCUT2D eigenvalue weighted by atomic mass is 9.81. The number of fused-ring (bicyclic) bond motifs is 2. The minimum atomic E-state index is -0.165. The van der Waals surface area contributed by atoms with Crippen LogP contribution in [0.4, 0.5) is 0 Å². The lowest BCUT2D eigenvalue weighted by Crippen LogP contribution is -2.38. The SMILES string of the molecule is CN[C@]1(C)c2ccccc2C[C@H](CCc2ccc(OC)cc2)c2ccccc21. The van der Waals surface area contributed by atoms with Gasteiger partial charge in [0.1, 0.15) is 5.75 Å². The van der Waals surface area contributed by atoms with E-state index in [-0.39, 0.29) is 5.54 Å². The maximum atomic E-state index is 5.29. The molecule has 1 N–H and O–H groups in total. The van der Waals surface area contributed by atoms with Crippen molar-refractivity contribution in [2.45, 2.75) is 37.6 Å². The Kier molecular flexibility index (Phi) is 5.23. The van der Waals surface area contributed by atoms with Gasteiger partial charge in [0.05, 0.1) is 12.6 Å². The van der Waals surface area contributed by atoms with Crippen molar-refractivity contribution in [1.82, 2.24) is 5.32 Å². The Labute approximate surface area is 168 Å². The summed E-state index contributed by atoms with van der Waals surface area (Å²) in [6.07, 6.45) is 3.29. The first-order valence-corrected chi connectivity index (χ1v) is 10.2. The van der Waals surface area contributed by atoms with Gasteiger partial charge >= 0.3 is 0 Å². The Morgan fingerprint density at radius 1 is 0.929 bits per heavy atom. The molecule has 144 valence electrons. The smallest absolute Gasteiger partial charge is 0.118 e. The molecule has 0 bridgehead atoms. The zero-order valence-corrected chi connectivity index (χ0v) is 17.0. The molecule has 4 rings (SSSR count). The van der Waals surface area contributed by atoms with E-state index in [0.29, 0.717) is 5.92 Å². The van der Waals surface area contributed by atoms with Crippen LogP contribution >= 0.6 is 0 Å². The zero-order chi connectivity index (χ0) is 19.6. The van der Waals surface area contributed by atoms with Crippen molar-refractivity contribution in [1.29, 1.82) is 0 Å². The van der Waals surface area contributed by atoms with Crippen LogP contribution in [0.1, 0.15) is 47.1 Å². The summed E-state index contributed by atoms with van der Waals surface area (Å²) in [5.41, 5.74) is 6.94. The molecule has 28 heavy (non-hydrogen) atoms. The summed E-state index contributed by atoms with van der Waals surface area (Å²) in [7, 11) is 3.79. The molecule has 0 radical (unpaired) electrons. The summed E-state index contributed by atoms with van der Waals surface area (Å²) in [4.78, 5) is 0. The van der Waals surface area contributed by atoms with E-state index in [2.05, 4.69) is 92.1 Å². The van der Waals surface area contributed by atoms with Gasteiger partial charge < -0.3 is 10.1 Å². The van der Waals surface area contributed by atoms with Crippen molar-refractivity contribution >= 4 is 0 Å². The van der Waals surface area contributed by atoms with Gasteiger partial charge in [0, 0.05) is 0 Å². The quantitative estimate of drug-likeness (QED) is 0.644. The monoisotopic (exact) mass is 371 g/mol. The summed E-state index contributed by atoms with van der Waals surface area (Å²) >= 11 is 0. The van der Waals surface area contributed by atoms with Gasteiger partial charge in [-0.2, -0.15) is 0 Å². The van der Waals surface area contributed by atoms with Crippen LogP contribution in [0.25, 0.3) is 0 Å². The maximum Gasteiger partial charge on any atom is 0.118 e. The Morgan fingerprint density at radius 2 is 1.61 bits per heavy atom. The molecule has 3 aromatic rings. The van der Waals surface area contributed by atoms with Gasteiger partial charge in [-0.05, 0) is 79.1 Å². The number of nitrogens with one attached hydrogen (secondary N) is 1. The second kappa shape index (κ2) is 7.81. The Hall–Kier alpha value is -2.58. The molecule has 2 nitrogen and oxygen atoms in total. The number of hydrogen-bond donors (Lipinski definition) is 1. The summed E-state index contributed by atoms with van der Waals surface area (Å²) in [6, 6.07) is 26.4. The van der Waals surface area contributed by atoms with E-state index in [1.165, 1.54) is 27.8 Å². The molecule has 1 aliphatic carbocycles. The van der Waals surface area contributed by atoms with Crippen LogP contribution < -0.4 is 10.1 Å². The number of aryl methyl sites for hydroxylation is 1. The molecule has 0 aliphatic heterocycles. The largest absolute Gasteiger partial charge is 0.497 e. The molecular formula is C26H29NO. The van der Waals surface area contributed by atoms with Gasteiger partial charge in [0.2, 0.25) is 0 Å². The molecule has 0 saturated heterocycles. The van der Waals surface area contributed by atoms with Crippen molar-refractivity contribution in [3.05, 3.63) is 101 Å². The Morgan fingerprint density at radius 3 is 2.32 bits per heavy atom. The lowest BCUT2D eigenvalue weighted by molar-refractivity contribution is 0.414. The van der Waals surface area contributed by atoms with E-state index < -0.39 is 0 Å². The van der Waals surface area contributed by atoms with E-state index in [4.69, 9.17) is 4.74 Å². The number of hydrogen-bond acceptors (Lipinski definition) is 2. The van der Waals surface area contributed by atoms with Gasteiger partial charge in [-0.3, -0.25) is 0 Å². The summed E-state index contributed by atoms with van der Waals surface area (Å²) in [5.74, 6) is 1.43. The normalized spacial score (nSPS) is 20.8. The highest BCUT2D eigenvalue weighted by molar-refractivity contribution is 5.50. The fourth-order valence-corrected chi connectivity index (χ4v) is 4.67. The van der Waals surface area contributed by atoms with Crippen molar-refractivity contribution in [2.75, 3.05) is 14.2 Å². The second-order valence-corrected chi connectivity index (χ2v) is 7.91. The molecule has 0 heterocycles. The van der Waals surface area contributed by atoms with Crippen LogP contribution in [0.2, 0.25) is 0 Å². The molecule has 0 saturated carbocycles. The Bertz CT molecular complexity index is 947. The fraction of sp³-hybridized carbons (Fsp3) is 0.308. The van der Waals surface area contributed by atoms with Gasteiger partial charge in [0.15, 0.2) is 0 Å². The molecule has 2 atom stereocenters. The maximum absolute atomic E-state index is 5.29. The van der Waals surface area contributed by atoms with Crippen LogP contribution in [0.3, 0.4) is 0 Å². The molecule has 2 heteroatoms. The molecule has 0 aromatic heterocycles. The molecule has 3 aromatic carbocycles. The zero-order valence-electron chi connectivity index (χ0n) is 17.0. The van der Waals surface area contributed by atoms with Crippen molar-refractivity contribution in [3.8, 4) is 5.75 Å². The second-order valence-electron chi connectivity index (χ2n) is 7.91. The first-order valence-electron chi connectivity index (χ1n) is 10.2. The van der Waals surface area contributed by atoms with Gasteiger partial charge in [-0.1, -0.05) is 60.7 Å². The van der Waals surface area contributed by atoms with E-state index in [0.717, 1.165) is 25.0 Å². The average molecular weight is 372 g/mol. The van der Waals surface area contributed by atoms with Gasteiger partial charge in [0.25, 0.3) is 0 Å². The van der Waals surface area contributed by atoms with Gasteiger partial charge in [-0.15, -0.1) is 0 Å². The first-order chi connectivity index (χ1) is 13.7. The van der Waals surface area contributed by atoms with E-state index in [9.17, 15) is 0 Å². The highest BCUT2D eigenvalue weighted by Gasteiger charge is 2.36. The van der Waals surface area contributed by atoms with Crippen molar-refractivity contribution < 1.29 is 4.74 Å². The number of rotatable bonds is 5. The van der Waals surface area contributed by atoms with Crippen molar-refractivity contribution in [2.24, 2.45) is 0 Å². The predicted molar refractivity (Wildman–Crippen MR) is 116 cm³/mol. The van der Waals surface area contributed by atoms with Crippen LogP contribution in [-0.4, -0.2) is 14.2 Å². The third-order valence-electron chi connectivity index (χ3n) is 6.40. The highest BCUT2D eigenvalue weighted by atomic mass is 16.5. The van der Waals surface area contributed by atoms with E-state index >= 15 is 0 Å². The summed E-state index contributed by atoms with van der Waals surface area (Å²) in [5, 5.41) is 3.63. The van der Waals surface area contributed by atoms with E-state index in [1.807, 2.05) is 0 Å². The minimum absolute atomic E-state index is 0.165. The topological polar surface area (TPSA) is 21.3 Å². The van der Waals surface area contributed by atoms with Crippen molar-refractivity contribution in [3.63, 3.8) is 0 Å². The first kappa shape index (κ1) is 18.8. The van der Waals surface area contributed by atoms with Crippen LogP contribution in [0.5, 0.6) is 5.75 Å². The molecular weight excluding hydrogens is 342 g/mol. The lowest BCUT2D eigenvalue weighted by Gasteiger charge is -2.32. The van der Waals surface area contributed by atoms with Crippen LogP contribution in [0, 0.1) is 0 Å². The Balaban J connectivity index is 1.70. The molecule has 0 spiro atoms. The number of benzene rings is 3. The van der Waals surface area contributed by atoms with Gasteiger partial charge in [-0.25, -0.2) is 0 Å². The highest BCUT2D eigenvalue weighted by Crippen LogP contribution is 2.42. The third-order valence-corrected chi connectivity index (χ3v) is 6.40. The predicted octanol–water partition coefficient (Wildman–Crippen LogP) is 5.45. The minimum Gasteiger partial charge on any atom is -0.497 e. The standard InChI is InChI=1S/C26H29NO/c1-26(27-2)24-10-6-4-8-21(24)18-20(23-9-5-7-11-25(23)26)15-12-19-13-16-22(28-3)17-14-19/h4-11,13-14,16-17,20,27H,12,15,18H2,1-3H3/t20-,26+/m0/s1. The summed E-state index contributed by atoms with van der Waals surface area (Å²) < 4.78 is 5.29. The third kappa shape index (κ3) is 3.33. The van der Waals surface area contributed by atoms with E-state index in [1.54, 1.807) is 7.11 Å². The number of methoxy groups -OCH3 is 1. The average Bonchev–Trinajstić information content (AvgIpc) is 2.86. The number of ether oxygens (including phenoxy) is 1. The van der Waals surface area contributed by atoms with Crippen LogP contribution in [0.15, 0.2) is 72.8 Å². The summed E-state index contributed by atoms with van der Waals surface area (Å²) in [6.45, 7) is 2.32. The molecule has 1 aliphatic rings. The van der Waals surface area contributed by atoms with Crippen LogP contribution in [-0.2, 0) is 18.4 Å². The molecule has 0 unspecified atom stereocenters. The fourth-order valence-electron chi connectivity index (χ4n) is 4.67. The molecule has 0 fully saturated rings. The molecule has 0 amide bonds.